The van der Waals surface area contributed by atoms with Gasteiger partial charge in [-0.2, -0.15) is 18.3 Å². The molecule has 0 fully saturated rings. The Labute approximate surface area is 101 Å². The second-order valence-corrected chi connectivity index (χ2v) is 4.26. The second-order valence-electron chi connectivity index (χ2n) is 4.26. The summed E-state index contributed by atoms with van der Waals surface area (Å²) in [6.45, 7) is 3.25. The molecule has 0 aliphatic carbocycles. The van der Waals surface area contributed by atoms with Gasteiger partial charge in [0.2, 0.25) is 5.89 Å². The lowest BCUT2D eigenvalue weighted by Crippen LogP contribution is -2.09. The summed E-state index contributed by atoms with van der Waals surface area (Å²) in [5.41, 5.74) is -0.687. The standard InChI is InChI=1S/C11H12F3N3O/c1-6(2)8-9(11(12,13)14)15-10(18-8)7-4-5-17(3)16-7/h4-6H,1-3H3. The van der Waals surface area contributed by atoms with Gasteiger partial charge in [-0.05, 0) is 6.07 Å². The van der Waals surface area contributed by atoms with Gasteiger partial charge in [0.05, 0.1) is 0 Å². The minimum absolute atomic E-state index is 0.105. The molecule has 0 unspecified atom stereocenters. The maximum absolute atomic E-state index is 12.8. The van der Waals surface area contributed by atoms with Crippen molar-refractivity contribution >= 4 is 0 Å². The van der Waals surface area contributed by atoms with Gasteiger partial charge >= 0.3 is 6.18 Å². The third kappa shape index (κ3) is 2.25. The number of oxazole rings is 1. The van der Waals surface area contributed by atoms with Crippen LogP contribution in [0.2, 0.25) is 0 Å². The van der Waals surface area contributed by atoms with Crippen molar-refractivity contribution < 1.29 is 17.6 Å². The monoisotopic (exact) mass is 259 g/mol. The number of hydrogen-bond acceptors (Lipinski definition) is 3. The highest BCUT2D eigenvalue weighted by Crippen LogP contribution is 2.36. The van der Waals surface area contributed by atoms with Crippen LogP contribution in [0.3, 0.4) is 0 Å². The van der Waals surface area contributed by atoms with Crippen molar-refractivity contribution in [3.63, 3.8) is 0 Å². The van der Waals surface area contributed by atoms with Gasteiger partial charge in [-0.15, -0.1) is 0 Å². The van der Waals surface area contributed by atoms with Crippen molar-refractivity contribution in [3.8, 4) is 11.6 Å². The zero-order valence-corrected chi connectivity index (χ0v) is 10.1. The highest BCUT2D eigenvalue weighted by molar-refractivity contribution is 5.47. The Hall–Kier alpha value is -1.79. The van der Waals surface area contributed by atoms with Crippen molar-refractivity contribution in [2.45, 2.75) is 25.9 Å². The van der Waals surface area contributed by atoms with E-state index >= 15 is 0 Å². The highest BCUT2D eigenvalue weighted by Gasteiger charge is 2.39. The first-order chi connectivity index (χ1) is 8.29. The molecule has 0 N–H and O–H groups in total. The van der Waals surface area contributed by atoms with Gasteiger partial charge in [0.15, 0.2) is 5.69 Å². The Balaban J connectivity index is 2.52. The fourth-order valence-corrected chi connectivity index (χ4v) is 1.57. The number of alkyl halides is 3. The summed E-state index contributed by atoms with van der Waals surface area (Å²) < 4.78 is 45.1. The molecular formula is C11H12F3N3O. The van der Waals surface area contributed by atoms with Gasteiger partial charge in [-0.25, -0.2) is 4.98 Å². The molecule has 7 heteroatoms. The molecule has 0 amide bonds. The summed E-state index contributed by atoms with van der Waals surface area (Å²) in [6, 6.07) is 1.55. The maximum Gasteiger partial charge on any atom is 0.436 e. The number of rotatable bonds is 2. The number of hydrogen-bond donors (Lipinski definition) is 0. The van der Waals surface area contributed by atoms with Crippen LogP contribution in [-0.4, -0.2) is 14.8 Å². The normalized spacial score (nSPS) is 12.4. The lowest BCUT2D eigenvalue weighted by Gasteiger charge is -2.06. The first-order valence-electron chi connectivity index (χ1n) is 5.37. The van der Waals surface area contributed by atoms with E-state index in [2.05, 4.69) is 10.1 Å². The van der Waals surface area contributed by atoms with E-state index in [0.717, 1.165) is 0 Å². The molecule has 2 aromatic rings. The molecule has 0 aliphatic rings. The molecule has 0 radical (unpaired) electrons. The quantitative estimate of drug-likeness (QED) is 0.831. The summed E-state index contributed by atoms with van der Waals surface area (Å²) in [7, 11) is 1.67. The van der Waals surface area contributed by atoms with Crippen LogP contribution in [0, 0.1) is 0 Å². The fourth-order valence-electron chi connectivity index (χ4n) is 1.57. The zero-order chi connectivity index (χ0) is 13.5. The fraction of sp³-hybridized carbons (Fsp3) is 0.455. The maximum atomic E-state index is 12.8. The predicted octanol–water partition coefficient (Wildman–Crippen LogP) is 3.22. The smallest absolute Gasteiger partial charge is 0.436 e. The SMILES string of the molecule is CC(C)c1oc(-c2ccn(C)n2)nc1C(F)(F)F. The lowest BCUT2D eigenvalue weighted by molar-refractivity contribution is -0.142. The van der Waals surface area contributed by atoms with Crippen LogP contribution in [0.15, 0.2) is 16.7 Å². The first-order valence-corrected chi connectivity index (χ1v) is 5.37. The van der Waals surface area contributed by atoms with E-state index in [1.807, 2.05) is 0 Å². The summed E-state index contributed by atoms with van der Waals surface area (Å²) >= 11 is 0. The average Bonchev–Trinajstić information content (AvgIpc) is 2.81. The van der Waals surface area contributed by atoms with Crippen LogP contribution in [0.1, 0.15) is 31.2 Å². The van der Waals surface area contributed by atoms with Gasteiger partial charge in [-0.3, -0.25) is 4.68 Å². The molecule has 18 heavy (non-hydrogen) atoms. The van der Waals surface area contributed by atoms with E-state index in [0.29, 0.717) is 0 Å². The minimum Gasteiger partial charge on any atom is -0.439 e. The van der Waals surface area contributed by atoms with E-state index in [-0.39, 0.29) is 17.3 Å². The Kier molecular flexibility index (Phi) is 2.92. The molecule has 0 bridgehead atoms. The predicted molar refractivity (Wildman–Crippen MR) is 57.8 cm³/mol. The van der Waals surface area contributed by atoms with Crippen molar-refractivity contribution in [1.82, 2.24) is 14.8 Å². The molecule has 98 valence electrons. The van der Waals surface area contributed by atoms with Crippen LogP contribution in [0.4, 0.5) is 13.2 Å². The van der Waals surface area contributed by atoms with E-state index < -0.39 is 17.8 Å². The third-order valence-electron chi connectivity index (χ3n) is 2.38. The van der Waals surface area contributed by atoms with E-state index in [1.165, 1.54) is 4.68 Å². The average molecular weight is 259 g/mol. The van der Waals surface area contributed by atoms with Crippen LogP contribution in [0.25, 0.3) is 11.6 Å². The number of aromatic nitrogens is 3. The first kappa shape index (κ1) is 12.7. The summed E-state index contributed by atoms with van der Waals surface area (Å²) in [5.74, 6) is -0.665. The van der Waals surface area contributed by atoms with Gasteiger partial charge in [0.25, 0.3) is 0 Å². The Bertz CT molecular complexity index is 554. The minimum atomic E-state index is -4.52. The molecule has 2 heterocycles. The molecule has 0 saturated carbocycles. The van der Waals surface area contributed by atoms with Crippen LogP contribution in [0.5, 0.6) is 0 Å². The molecule has 4 nitrogen and oxygen atoms in total. The summed E-state index contributed by atoms with van der Waals surface area (Å²) in [5, 5.41) is 3.97. The molecule has 0 aromatic carbocycles. The molecule has 0 spiro atoms. The van der Waals surface area contributed by atoms with Crippen molar-refractivity contribution in [3.05, 3.63) is 23.7 Å². The Morgan fingerprint density at radius 2 is 2.00 bits per heavy atom. The number of nitrogens with zero attached hydrogens (tertiary/aromatic N) is 3. The molecule has 0 saturated heterocycles. The van der Waals surface area contributed by atoms with Crippen molar-refractivity contribution in [1.29, 1.82) is 0 Å². The molecule has 2 aromatic heterocycles. The van der Waals surface area contributed by atoms with Crippen LogP contribution in [-0.2, 0) is 13.2 Å². The van der Waals surface area contributed by atoms with Crippen LogP contribution >= 0.6 is 0 Å². The Morgan fingerprint density at radius 1 is 1.33 bits per heavy atom. The zero-order valence-electron chi connectivity index (χ0n) is 10.1. The van der Waals surface area contributed by atoms with E-state index in [9.17, 15) is 13.2 Å². The lowest BCUT2D eigenvalue weighted by atomic mass is 10.1. The summed E-state index contributed by atoms with van der Waals surface area (Å²) in [6.07, 6.45) is -2.90. The van der Waals surface area contributed by atoms with E-state index in [4.69, 9.17) is 4.42 Å². The molecule has 0 aliphatic heterocycles. The van der Waals surface area contributed by atoms with Crippen LogP contribution < -0.4 is 0 Å². The van der Waals surface area contributed by atoms with Gasteiger partial charge in [0, 0.05) is 19.2 Å². The Morgan fingerprint density at radius 3 is 2.39 bits per heavy atom. The topological polar surface area (TPSA) is 43.9 Å². The molecule has 0 atom stereocenters. The van der Waals surface area contributed by atoms with E-state index in [1.54, 1.807) is 33.2 Å². The summed E-state index contributed by atoms with van der Waals surface area (Å²) in [4.78, 5) is 3.52. The van der Waals surface area contributed by atoms with Gasteiger partial charge in [0.1, 0.15) is 11.5 Å². The highest BCUT2D eigenvalue weighted by atomic mass is 19.4. The number of halogens is 3. The third-order valence-corrected chi connectivity index (χ3v) is 2.38. The largest absolute Gasteiger partial charge is 0.439 e. The number of aryl methyl sites for hydroxylation is 1. The van der Waals surface area contributed by atoms with Gasteiger partial charge < -0.3 is 4.42 Å². The van der Waals surface area contributed by atoms with Crippen molar-refractivity contribution in [2.75, 3.05) is 0 Å². The molecular weight excluding hydrogens is 247 g/mol. The van der Waals surface area contributed by atoms with Crippen molar-refractivity contribution in [2.24, 2.45) is 7.05 Å². The van der Waals surface area contributed by atoms with Gasteiger partial charge in [-0.1, -0.05) is 13.8 Å². The molecule has 2 rings (SSSR count). The second kappa shape index (κ2) is 4.15.